The third-order valence-corrected chi connectivity index (χ3v) is 4.96. The molecule has 0 unspecified atom stereocenters. The average molecular weight is 404 g/mol. The standard InChI is InChI=1S/C17H24BrClN2O2/c1-12-10-20(11-13-5-6-14(18)15(19)9-13)7-8-21(12)16(22)23-17(2,3)4/h5-6,9,12H,7-8,10-11H2,1-4H3/t12-/m1/s1. The summed E-state index contributed by atoms with van der Waals surface area (Å²) in [6.45, 7) is 10.9. The van der Waals surface area contributed by atoms with Crippen molar-refractivity contribution in [2.24, 2.45) is 0 Å². The number of ether oxygens (including phenoxy) is 1. The summed E-state index contributed by atoms with van der Waals surface area (Å²) in [6, 6.07) is 6.15. The predicted molar refractivity (Wildman–Crippen MR) is 96.8 cm³/mol. The largest absolute Gasteiger partial charge is 0.444 e. The van der Waals surface area contributed by atoms with Crippen LogP contribution in [0.5, 0.6) is 0 Å². The third kappa shape index (κ3) is 5.37. The fraction of sp³-hybridized carbons (Fsp3) is 0.588. The van der Waals surface area contributed by atoms with Gasteiger partial charge in [0.05, 0.1) is 5.02 Å². The summed E-state index contributed by atoms with van der Waals surface area (Å²) < 4.78 is 6.38. The smallest absolute Gasteiger partial charge is 0.410 e. The van der Waals surface area contributed by atoms with Crippen molar-refractivity contribution in [1.82, 2.24) is 9.80 Å². The number of rotatable bonds is 2. The Kier molecular flexibility index (Phi) is 5.98. The molecule has 0 radical (unpaired) electrons. The Balaban J connectivity index is 1.93. The number of piperazine rings is 1. The molecule has 0 saturated carbocycles. The molecule has 0 bridgehead atoms. The van der Waals surface area contributed by atoms with Crippen LogP contribution in [0.2, 0.25) is 5.02 Å². The molecule has 1 fully saturated rings. The van der Waals surface area contributed by atoms with E-state index in [9.17, 15) is 4.79 Å². The second-order valence-electron chi connectivity index (χ2n) is 7.01. The SMILES string of the molecule is C[C@@H]1CN(Cc2ccc(Br)c(Cl)c2)CCN1C(=O)OC(C)(C)C. The molecular formula is C17H24BrClN2O2. The Morgan fingerprint density at radius 1 is 1.39 bits per heavy atom. The Labute approximate surface area is 151 Å². The van der Waals surface area contributed by atoms with Gasteiger partial charge in [-0.2, -0.15) is 0 Å². The van der Waals surface area contributed by atoms with Gasteiger partial charge in [-0.3, -0.25) is 4.90 Å². The number of hydrogen-bond acceptors (Lipinski definition) is 3. The highest BCUT2D eigenvalue weighted by Crippen LogP contribution is 2.24. The first-order valence-electron chi connectivity index (χ1n) is 7.81. The molecule has 4 nitrogen and oxygen atoms in total. The molecule has 1 aromatic rings. The van der Waals surface area contributed by atoms with Gasteiger partial charge in [-0.05, 0) is 61.3 Å². The van der Waals surface area contributed by atoms with E-state index in [1.807, 2.05) is 37.8 Å². The number of amides is 1. The van der Waals surface area contributed by atoms with Crippen LogP contribution in [0.4, 0.5) is 4.79 Å². The number of benzene rings is 1. The maximum atomic E-state index is 12.2. The average Bonchev–Trinajstić information content (AvgIpc) is 2.41. The van der Waals surface area contributed by atoms with Gasteiger partial charge in [-0.25, -0.2) is 4.79 Å². The summed E-state index contributed by atoms with van der Waals surface area (Å²) in [5.74, 6) is 0. The van der Waals surface area contributed by atoms with Crippen molar-refractivity contribution in [2.75, 3.05) is 19.6 Å². The molecule has 1 saturated heterocycles. The highest BCUT2D eigenvalue weighted by Gasteiger charge is 2.30. The minimum Gasteiger partial charge on any atom is -0.444 e. The van der Waals surface area contributed by atoms with E-state index in [4.69, 9.17) is 16.3 Å². The van der Waals surface area contributed by atoms with E-state index in [1.54, 1.807) is 0 Å². The maximum absolute atomic E-state index is 12.2. The van der Waals surface area contributed by atoms with Crippen molar-refractivity contribution >= 4 is 33.6 Å². The van der Waals surface area contributed by atoms with E-state index in [0.29, 0.717) is 6.54 Å². The Hall–Kier alpha value is -0.780. The zero-order valence-corrected chi connectivity index (χ0v) is 16.4. The summed E-state index contributed by atoms with van der Waals surface area (Å²) >= 11 is 9.56. The molecule has 1 heterocycles. The molecule has 0 N–H and O–H groups in total. The van der Waals surface area contributed by atoms with Crippen molar-refractivity contribution in [2.45, 2.75) is 45.9 Å². The molecule has 1 aliphatic rings. The first kappa shape index (κ1) is 18.6. The van der Waals surface area contributed by atoms with Gasteiger partial charge in [0.25, 0.3) is 0 Å². The maximum Gasteiger partial charge on any atom is 0.410 e. The lowest BCUT2D eigenvalue weighted by Gasteiger charge is -2.40. The molecule has 23 heavy (non-hydrogen) atoms. The van der Waals surface area contributed by atoms with Crippen LogP contribution in [-0.4, -0.2) is 47.2 Å². The lowest BCUT2D eigenvalue weighted by atomic mass is 10.1. The minimum atomic E-state index is -0.456. The van der Waals surface area contributed by atoms with E-state index in [0.717, 1.165) is 29.1 Å². The van der Waals surface area contributed by atoms with E-state index in [2.05, 4.69) is 33.8 Å². The first-order valence-corrected chi connectivity index (χ1v) is 8.99. The fourth-order valence-electron chi connectivity index (χ4n) is 2.66. The van der Waals surface area contributed by atoms with Crippen LogP contribution in [-0.2, 0) is 11.3 Å². The number of halogens is 2. The van der Waals surface area contributed by atoms with E-state index in [-0.39, 0.29) is 12.1 Å². The predicted octanol–water partition coefficient (Wildman–Crippen LogP) is 4.54. The summed E-state index contributed by atoms with van der Waals surface area (Å²) in [5.41, 5.74) is 0.721. The van der Waals surface area contributed by atoms with Gasteiger partial charge < -0.3 is 9.64 Å². The fourth-order valence-corrected chi connectivity index (χ4v) is 3.11. The molecular weight excluding hydrogens is 380 g/mol. The second kappa shape index (κ2) is 7.41. The number of hydrogen-bond donors (Lipinski definition) is 0. The molecule has 0 aliphatic carbocycles. The molecule has 0 aromatic heterocycles. The summed E-state index contributed by atoms with van der Waals surface area (Å²) in [5, 5.41) is 0.725. The Morgan fingerprint density at radius 3 is 2.65 bits per heavy atom. The number of carbonyl (C=O) groups is 1. The number of carbonyl (C=O) groups excluding carboxylic acids is 1. The molecule has 128 valence electrons. The van der Waals surface area contributed by atoms with Crippen LogP contribution in [0.3, 0.4) is 0 Å². The van der Waals surface area contributed by atoms with Crippen molar-refractivity contribution in [3.63, 3.8) is 0 Å². The van der Waals surface area contributed by atoms with Gasteiger partial charge in [-0.1, -0.05) is 17.7 Å². The molecule has 2 rings (SSSR count). The zero-order valence-electron chi connectivity index (χ0n) is 14.1. The highest BCUT2D eigenvalue weighted by atomic mass is 79.9. The quantitative estimate of drug-likeness (QED) is 0.726. The summed E-state index contributed by atoms with van der Waals surface area (Å²) in [4.78, 5) is 16.4. The normalized spacial score (nSPS) is 19.7. The second-order valence-corrected chi connectivity index (χ2v) is 8.27. The van der Waals surface area contributed by atoms with Crippen molar-refractivity contribution in [3.05, 3.63) is 33.3 Å². The van der Waals surface area contributed by atoms with Crippen molar-refractivity contribution in [1.29, 1.82) is 0 Å². The van der Waals surface area contributed by atoms with Crippen LogP contribution in [0.25, 0.3) is 0 Å². The topological polar surface area (TPSA) is 32.8 Å². The van der Waals surface area contributed by atoms with Gasteiger partial charge in [-0.15, -0.1) is 0 Å². The van der Waals surface area contributed by atoms with Crippen LogP contribution >= 0.6 is 27.5 Å². The molecule has 1 amide bonds. The highest BCUT2D eigenvalue weighted by molar-refractivity contribution is 9.10. The summed E-state index contributed by atoms with van der Waals surface area (Å²) in [7, 11) is 0. The van der Waals surface area contributed by atoms with Gasteiger partial charge in [0.15, 0.2) is 0 Å². The minimum absolute atomic E-state index is 0.129. The van der Waals surface area contributed by atoms with Crippen LogP contribution in [0, 0.1) is 0 Å². The van der Waals surface area contributed by atoms with E-state index < -0.39 is 5.60 Å². The summed E-state index contributed by atoms with van der Waals surface area (Å²) in [6.07, 6.45) is -0.226. The Bertz CT molecular complexity index is 574. The first-order chi connectivity index (χ1) is 10.7. The number of nitrogens with zero attached hydrogens (tertiary/aromatic N) is 2. The van der Waals surface area contributed by atoms with Crippen LogP contribution in [0.1, 0.15) is 33.3 Å². The molecule has 1 aromatic carbocycles. The van der Waals surface area contributed by atoms with Crippen molar-refractivity contribution in [3.8, 4) is 0 Å². The molecule has 1 aliphatic heterocycles. The van der Waals surface area contributed by atoms with Crippen molar-refractivity contribution < 1.29 is 9.53 Å². The monoisotopic (exact) mass is 402 g/mol. The van der Waals surface area contributed by atoms with Gasteiger partial charge in [0, 0.05) is 36.7 Å². The van der Waals surface area contributed by atoms with Gasteiger partial charge >= 0.3 is 6.09 Å². The van der Waals surface area contributed by atoms with E-state index in [1.165, 1.54) is 5.56 Å². The van der Waals surface area contributed by atoms with Crippen LogP contribution < -0.4 is 0 Å². The van der Waals surface area contributed by atoms with Gasteiger partial charge in [0.1, 0.15) is 5.60 Å². The molecule has 6 heteroatoms. The lowest BCUT2D eigenvalue weighted by Crippen LogP contribution is -2.54. The zero-order chi connectivity index (χ0) is 17.2. The molecule has 0 spiro atoms. The lowest BCUT2D eigenvalue weighted by molar-refractivity contribution is 0.000564. The van der Waals surface area contributed by atoms with Crippen LogP contribution in [0.15, 0.2) is 22.7 Å². The van der Waals surface area contributed by atoms with Gasteiger partial charge in [0.2, 0.25) is 0 Å². The molecule has 1 atom stereocenters. The Morgan fingerprint density at radius 2 is 2.09 bits per heavy atom. The third-order valence-electron chi connectivity index (χ3n) is 3.73. The van der Waals surface area contributed by atoms with E-state index >= 15 is 0 Å².